The van der Waals surface area contributed by atoms with Crippen molar-refractivity contribution in [1.29, 1.82) is 0 Å². The topological polar surface area (TPSA) is 77.8 Å². The van der Waals surface area contributed by atoms with E-state index in [-0.39, 0.29) is 16.3 Å². The molecule has 1 atom stereocenters. The maximum absolute atomic E-state index is 13.5. The molecule has 146 valence electrons. The normalized spacial score (nSPS) is 12.8. The molecule has 0 saturated carbocycles. The van der Waals surface area contributed by atoms with Gasteiger partial charge in [0.1, 0.15) is 5.82 Å². The summed E-state index contributed by atoms with van der Waals surface area (Å²) in [4.78, 5) is 34.0. The van der Waals surface area contributed by atoms with Crippen molar-refractivity contribution >= 4 is 63.8 Å². The van der Waals surface area contributed by atoms with E-state index in [0.29, 0.717) is 10.4 Å². The lowest BCUT2D eigenvalue weighted by Crippen LogP contribution is -2.30. The average Bonchev–Trinajstić information content (AvgIpc) is 3.00. The fourth-order valence-corrected chi connectivity index (χ4v) is 5.18. The van der Waals surface area contributed by atoms with Gasteiger partial charge in [-0.15, -0.1) is 11.3 Å². The highest BCUT2D eigenvalue weighted by molar-refractivity contribution is 7.53. The average molecular weight is 460 g/mol. The van der Waals surface area contributed by atoms with Gasteiger partial charge in [0.25, 0.3) is 5.91 Å². The Hall–Kier alpha value is -1.73. The number of amides is 1. The third kappa shape index (κ3) is 4.01. The summed E-state index contributed by atoms with van der Waals surface area (Å²) in [7, 11) is -4.93. The molecular formula is C18H13Cl2FNO4PS. The maximum atomic E-state index is 13.5. The van der Waals surface area contributed by atoms with Gasteiger partial charge in [-0.25, -0.2) is 4.39 Å². The van der Waals surface area contributed by atoms with Crippen LogP contribution in [0.15, 0.2) is 54.6 Å². The van der Waals surface area contributed by atoms with Gasteiger partial charge in [-0.05, 0) is 52.7 Å². The molecule has 3 rings (SSSR count). The summed E-state index contributed by atoms with van der Waals surface area (Å²) in [5.74, 6) is -1.61. The van der Waals surface area contributed by atoms with E-state index in [1.807, 2.05) is 0 Å². The second-order valence-electron chi connectivity index (χ2n) is 5.81. The van der Waals surface area contributed by atoms with Crippen molar-refractivity contribution in [2.24, 2.45) is 0 Å². The quantitative estimate of drug-likeness (QED) is 0.476. The van der Waals surface area contributed by atoms with E-state index in [4.69, 9.17) is 23.2 Å². The first kappa shape index (κ1) is 21.0. The highest BCUT2D eigenvalue weighted by Crippen LogP contribution is 2.55. The number of rotatable bonds is 5. The number of thiophene rings is 1. The standard InChI is InChI=1S/C18H13Cl2FNO4PS/c1-2-22(11-4-5-15(21)14(20)8-11)18(23)17(27(24,25)26)13-9-28-16-6-3-10(19)7-12(13)16/h2-9,17H,1H2,(H2,24,25,26). The summed E-state index contributed by atoms with van der Waals surface area (Å²) in [6.45, 7) is 3.53. The van der Waals surface area contributed by atoms with Gasteiger partial charge in [0.2, 0.25) is 0 Å². The number of carbonyl (C=O) groups is 1. The van der Waals surface area contributed by atoms with Crippen molar-refractivity contribution in [2.75, 3.05) is 4.90 Å². The molecule has 0 aliphatic rings. The molecule has 10 heteroatoms. The minimum Gasteiger partial charge on any atom is -0.324 e. The molecule has 2 N–H and O–H groups in total. The molecule has 0 aliphatic carbocycles. The lowest BCUT2D eigenvalue weighted by Gasteiger charge is -2.25. The van der Waals surface area contributed by atoms with Crippen LogP contribution < -0.4 is 4.90 Å². The molecule has 0 saturated heterocycles. The van der Waals surface area contributed by atoms with Gasteiger partial charge in [-0.2, -0.15) is 0 Å². The highest BCUT2D eigenvalue weighted by atomic mass is 35.5. The molecule has 3 aromatic rings. The van der Waals surface area contributed by atoms with Crippen molar-refractivity contribution in [3.63, 3.8) is 0 Å². The smallest absolute Gasteiger partial charge is 0.324 e. The minimum absolute atomic E-state index is 0.127. The molecule has 0 fully saturated rings. The van der Waals surface area contributed by atoms with Gasteiger partial charge in [-0.3, -0.25) is 14.3 Å². The number of halogens is 3. The van der Waals surface area contributed by atoms with Crippen LogP contribution in [-0.4, -0.2) is 15.7 Å². The van der Waals surface area contributed by atoms with E-state index < -0.39 is 25.0 Å². The van der Waals surface area contributed by atoms with E-state index in [1.165, 1.54) is 28.8 Å². The van der Waals surface area contributed by atoms with Crippen LogP contribution in [0.1, 0.15) is 11.2 Å². The van der Waals surface area contributed by atoms with Crippen LogP contribution in [0.25, 0.3) is 10.1 Å². The van der Waals surface area contributed by atoms with Crippen molar-refractivity contribution < 1.29 is 23.5 Å². The number of benzene rings is 2. The van der Waals surface area contributed by atoms with Crippen molar-refractivity contribution in [3.8, 4) is 0 Å². The largest absolute Gasteiger partial charge is 0.342 e. The summed E-state index contributed by atoms with van der Waals surface area (Å²) < 4.78 is 26.4. The molecule has 1 unspecified atom stereocenters. The maximum Gasteiger partial charge on any atom is 0.342 e. The number of nitrogens with zero attached hydrogens (tertiary/aromatic N) is 1. The Bertz CT molecular complexity index is 1130. The van der Waals surface area contributed by atoms with E-state index in [9.17, 15) is 23.5 Å². The third-order valence-corrected chi connectivity index (χ3v) is 6.71. The molecule has 28 heavy (non-hydrogen) atoms. The Morgan fingerprint density at radius 1 is 1.25 bits per heavy atom. The van der Waals surface area contributed by atoms with Gasteiger partial charge in [0, 0.05) is 21.6 Å². The molecule has 0 aliphatic heterocycles. The van der Waals surface area contributed by atoms with Gasteiger partial charge in [0.05, 0.1) is 5.02 Å². The lowest BCUT2D eigenvalue weighted by molar-refractivity contribution is -0.118. The first-order chi connectivity index (χ1) is 13.1. The molecular weight excluding hydrogens is 447 g/mol. The Kier molecular flexibility index (Phi) is 5.96. The predicted octanol–water partition coefficient (Wildman–Crippen LogP) is 5.74. The second kappa shape index (κ2) is 7.95. The predicted molar refractivity (Wildman–Crippen MR) is 111 cm³/mol. The van der Waals surface area contributed by atoms with Crippen LogP contribution in [0.2, 0.25) is 10.0 Å². The highest BCUT2D eigenvalue weighted by Gasteiger charge is 2.41. The van der Waals surface area contributed by atoms with Crippen molar-refractivity contribution in [2.45, 2.75) is 5.66 Å². The molecule has 5 nitrogen and oxygen atoms in total. The van der Waals surface area contributed by atoms with E-state index in [1.54, 1.807) is 18.2 Å². The third-order valence-electron chi connectivity index (χ3n) is 4.03. The lowest BCUT2D eigenvalue weighted by atomic mass is 10.1. The van der Waals surface area contributed by atoms with Gasteiger partial charge in [0.15, 0.2) is 5.66 Å². The van der Waals surface area contributed by atoms with Gasteiger partial charge >= 0.3 is 7.60 Å². The van der Waals surface area contributed by atoms with Crippen LogP contribution in [0.4, 0.5) is 10.1 Å². The summed E-state index contributed by atoms with van der Waals surface area (Å²) in [5, 5.41) is 2.12. The number of anilines is 1. The van der Waals surface area contributed by atoms with Crippen LogP contribution >= 0.6 is 42.1 Å². The first-order valence-corrected chi connectivity index (χ1v) is 11.1. The summed E-state index contributed by atoms with van der Waals surface area (Å²) >= 11 is 13.0. The fourth-order valence-electron chi connectivity index (χ4n) is 2.78. The van der Waals surface area contributed by atoms with Gasteiger partial charge < -0.3 is 9.79 Å². The van der Waals surface area contributed by atoms with E-state index >= 15 is 0 Å². The Balaban J connectivity index is 2.14. The summed E-state index contributed by atoms with van der Waals surface area (Å²) in [6, 6.07) is 8.39. The monoisotopic (exact) mass is 459 g/mol. The molecule has 1 heterocycles. The Morgan fingerprint density at radius 3 is 2.57 bits per heavy atom. The number of carbonyl (C=O) groups excluding carboxylic acids is 1. The van der Waals surface area contributed by atoms with Crippen LogP contribution in [0.3, 0.4) is 0 Å². The van der Waals surface area contributed by atoms with Crippen LogP contribution in [0, 0.1) is 5.82 Å². The number of fused-ring (bicyclic) bond motifs is 1. The van der Waals surface area contributed by atoms with Crippen LogP contribution in [0.5, 0.6) is 0 Å². The minimum atomic E-state index is -4.93. The SMILES string of the molecule is C=CN(C(=O)C(c1csc2ccc(Cl)cc12)P(=O)(O)O)c1ccc(F)c(Cl)c1. The van der Waals surface area contributed by atoms with E-state index in [2.05, 4.69) is 6.58 Å². The Morgan fingerprint density at radius 2 is 1.96 bits per heavy atom. The number of hydrogen-bond acceptors (Lipinski definition) is 3. The van der Waals surface area contributed by atoms with E-state index in [0.717, 1.165) is 21.9 Å². The van der Waals surface area contributed by atoms with Crippen molar-refractivity contribution in [3.05, 3.63) is 76.0 Å². The zero-order chi connectivity index (χ0) is 20.6. The van der Waals surface area contributed by atoms with Crippen LogP contribution in [-0.2, 0) is 9.36 Å². The van der Waals surface area contributed by atoms with Crippen molar-refractivity contribution in [1.82, 2.24) is 0 Å². The summed E-state index contributed by atoms with van der Waals surface area (Å²) in [5.41, 5.74) is -1.51. The molecule has 0 radical (unpaired) electrons. The first-order valence-electron chi connectivity index (χ1n) is 7.76. The molecule has 1 amide bonds. The zero-order valence-electron chi connectivity index (χ0n) is 14.1. The number of hydrogen-bond donors (Lipinski definition) is 2. The molecule has 1 aromatic heterocycles. The summed E-state index contributed by atoms with van der Waals surface area (Å²) in [6.07, 6.45) is 1.09. The Labute approximate surface area is 173 Å². The fraction of sp³-hybridized carbons (Fsp3) is 0.0556. The molecule has 0 bridgehead atoms. The molecule has 2 aromatic carbocycles. The zero-order valence-corrected chi connectivity index (χ0v) is 17.3. The van der Waals surface area contributed by atoms with Gasteiger partial charge in [-0.1, -0.05) is 29.8 Å². The second-order valence-corrected chi connectivity index (χ2v) is 9.26. The molecule has 0 spiro atoms.